The van der Waals surface area contributed by atoms with Crippen LogP contribution in [0.25, 0.3) is 0 Å². The number of anilines is 1. The molecule has 2 aromatic carbocycles. The summed E-state index contributed by atoms with van der Waals surface area (Å²) < 4.78 is 33.0. The summed E-state index contributed by atoms with van der Waals surface area (Å²) in [6.07, 6.45) is 1.83. The highest BCUT2D eigenvalue weighted by molar-refractivity contribution is 7.89. The van der Waals surface area contributed by atoms with Gasteiger partial charge in [-0.2, -0.15) is 4.31 Å². The molecule has 2 amide bonds. The van der Waals surface area contributed by atoms with E-state index >= 15 is 0 Å². The smallest absolute Gasteiger partial charge is 0.251 e. The molecule has 0 aliphatic carbocycles. The third-order valence-corrected chi connectivity index (χ3v) is 7.83. The topological polar surface area (TPSA) is 109 Å². The van der Waals surface area contributed by atoms with Crippen LogP contribution >= 0.6 is 0 Å². The highest BCUT2D eigenvalue weighted by Crippen LogP contribution is 2.32. The van der Waals surface area contributed by atoms with Gasteiger partial charge >= 0.3 is 0 Å². The third-order valence-electron chi connectivity index (χ3n) is 6.02. The fourth-order valence-electron chi connectivity index (χ4n) is 3.85. The first-order chi connectivity index (χ1) is 16.7. The highest BCUT2D eigenvalue weighted by atomic mass is 32.2. The van der Waals surface area contributed by atoms with Gasteiger partial charge in [-0.05, 0) is 67.3 Å². The molecule has 1 aliphatic rings. The zero-order valence-electron chi connectivity index (χ0n) is 19.6. The zero-order valence-corrected chi connectivity index (χ0v) is 20.4. The Bertz CT molecular complexity index is 1370. The summed E-state index contributed by atoms with van der Waals surface area (Å²) in [5.41, 5.74) is 4.67. The monoisotopic (exact) mass is 493 g/mol. The molecule has 2 heterocycles. The summed E-state index contributed by atoms with van der Waals surface area (Å²) in [6.45, 7) is 8.17. The Balaban J connectivity index is 1.35. The van der Waals surface area contributed by atoms with Crippen molar-refractivity contribution in [3.8, 4) is 0 Å². The second-order valence-electron chi connectivity index (χ2n) is 8.47. The molecule has 0 bridgehead atoms. The number of hydrogen-bond acceptors (Lipinski definition) is 5. The van der Waals surface area contributed by atoms with Gasteiger partial charge in [-0.1, -0.05) is 24.8 Å². The summed E-state index contributed by atoms with van der Waals surface area (Å²) >= 11 is 0. The highest BCUT2D eigenvalue weighted by Gasteiger charge is 2.33. The number of sulfonamides is 1. The number of amides is 2. The predicted octanol–water partition coefficient (Wildman–Crippen LogP) is 3.70. The molecule has 8 nitrogen and oxygen atoms in total. The number of aryl methyl sites for hydroxylation is 2. The van der Waals surface area contributed by atoms with Crippen LogP contribution in [0.15, 0.2) is 70.5 Å². The van der Waals surface area contributed by atoms with Crippen molar-refractivity contribution in [1.29, 1.82) is 0 Å². The predicted molar refractivity (Wildman–Crippen MR) is 132 cm³/mol. The molecule has 35 heavy (non-hydrogen) atoms. The van der Waals surface area contributed by atoms with Crippen LogP contribution in [0, 0.1) is 13.8 Å². The van der Waals surface area contributed by atoms with Gasteiger partial charge in [-0.3, -0.25) is 14.9 Å². The second-order valence-corrected chi connectivity index (χ2v) is 10.4. The van der Waals surface area contributed by atoms with Crippen molar-refractivity contribution in [2.75, 3.05) is 11.9 Å². The van der Waals surface area contributed by atoms with Crippen molar-refractivity contribution in [2.45, 2.75) is 38.3 Å². The molecule has 0 unspecified atom stereocenters. The van der Waals surface area contributed by atoms with Gasteiger partial charge < -0.3 is 9.73 Å². The summed E-state index contributed by atoms with van der Waals surface area (Å²) in [4.78, 5) is 24.0. The van der Waals surface area contributed by atoms with Crippen LogP contribution < -0.4 is 10.6 Å². The van der Waals surface area contributed by atoms with Gasteiger partial charge in [-0.15, -0.1) is 0 Å². The second kappa shape index (κ2) is 9.89. The Morgan fingerprint density at radius 1 is 1.06 bits per heavy atom. The number of fused-ring (bicyclic) bond motifs is 1. The van der Waals surface area contributed by atoms with E-state index in [1.54, 1.807) is 6.07 Å². The minimum absolute atomic E-state index is 0.0579. The van der Waals surface area contributed by atoms with Gasteiger partial charge in [0.05, 0.1) is 11.4 Å². The summed E-state index contributed by atoms with van der Waals surface area (Å²) in [7, 11) is -3.78. The number of furan rings is 1. The number of nitrogens with zero attached hydrogens (tertiary/aromatic N) is 1. The number of carbonyl (C=O) groups excluding carboxylic acids is 2. The molecule has 0 atom stereocenters. The van der Waals surface area contributed by atoms with Crippen molar-refractivity contribution in [3.05, 3.63) is 94.8 Å². The average Bonchev–Trinajstić information content (AvgIpc) is 3.40. The molecular formula is C26H27N3O5S. The van der Waals surface area contributed by atoms with Gasteiger partial charge in [0.2, 0.25) is 15.9 Å². The lowest BCUT2D eigenvalue weighted by atomic mass is 10.0. The molecular weight excluding hydrogens is 466 g/mol. The number of rotatable bonds is 8. The number of benzene rings is 2. The van der Waals surface area contributed by atoms with Crippen molar-refractivity contribution in [2.24, 2.45) is 0 Å². The van der Waals surface area contributed by atoms with Crippen molar-refractivity contribution < 1.29 is 22.4 Å². The van der Waals surface area contributed by atoms with E-state index < -0.39 is 15.9 Å². The fourth-order valence-corrected chi connectivity index (χ4v) is 5.23. The standard InChI is InChI=1S/C26H27N3O5S/c1-4-24(30)28-25-14-21-15-29(16-23(21)34-25)35(32,33)22-9-7-20(8-10-22)26(31)27-12-11-19-6-5-17(2)18(3)13-19/h4-10,13-14H,1,11-12,15-16H2,2-3H3,(H,27,31)(H,28,30). The van der Waals surface area contributed by atoms with Gasteiger partial charge in [0.25, 0.3) is 5.91 Å². The molecule has 0 spiro atoms. The van der Waals surface area contributed by atoms with Crippen molar-refractivity contribution in [1.82, 2.24) is 9.62 Å². The van der Waals surface area contributed by atoms with Gasteiger partial charge in [0.15, 0.2) is 5.88 Å². The Hall–Kier alpha value is -3.69. The minimum Gasteiger partial charge on any atom is -0.444 e. The molecule has 1 aliphatic heterocycles. The van der Waals surface area contributed by atoms with Crippen molar-refractivity contribution in [3.63, 3.8) is 0 Å². The van der Waals surface area contributed by atoms with Crippen LogP contribution in [0.4, 0.5) is 5.88 Å². The molecule has 4 rings (SSSR count). The summed E-state index contributed by atoms with van der Waals surface area (Å²) in [5, 5.41) is 5.40. The molecule has 2 N–H and O–H groups in total. The first-order valence-corrected chi connectivity index (χ1v) is 12.6. The molecule has 0 saturated heterocycles. The van der Waals surface area contributed by atoms with Crippen LogP contribution in [0.5, 0.6) is 0 Å². The SMILES string of the molecule is C=CC(=O)Nc1cc2c(o1)CN(S(=O)(=O)c1ccc(C(=O)NCCc3ccc(C)c(C)c3)cc1)C2. The first kappa shape index (κ1) is 24.4. The summed E-state index contributed by atoms with van der Waals surface area (Å²) in [6, 6.07) is 13.7. The Labute approximate surface area is 204 Å². The Morgan fingerprint density at radius 2 is 1.80 bits per heavy atom. The van der Waals surface area contributed by atoms with E-state index in [2.05, 4.69) is 49.3 Å². The molecule has 3 aromatic rings. The largest absolute Gasteiger partial charge is 0.444 e. The van der Waals surface area contributed by atoms with E-state index in [-0.39, 0.29) is 29.8 Å². The molecule has 0 radical (unpaired) electrons. The maximum absolute atomic E-state index is 13.1. The van der Waals surface area contributed by atoms with Crippen molar-refractivity contribution >= 4 is 27.7 Å². The fraction of sp³-hybridized carbons (Fsp3) is 0.231. The van der Waals surface area contributed by atoms with E-state index in [0.717, 1.165) is 11.6 Å². The van der Waals surface area contributed by atoms with Crippen LogP contribution in [0.1, 0.15) is 38.4 Å². The molecule has 1 aromatic heterocycles. The van der Waals surface area contributed by atoms with Crippen LogP contribution in [-0.4, -0.2) is 31.1 Å². The van der Waals surface area contributed by atoms with Gasteiger partial charge in [0.1, 0.15) is 5.76 Å². The van der Waals surface area contributed by atoms with Crippen LogP contribution in [0.3, 0.4) is 0 Å². The van der Waals surface area contributed by atoms with Gasteiger partial charge in [0, 0.05) is 30.3 Å². The normalized spacial score (nSPS) is 13.3. The number of nitrogens with one attached hydrogen (secondary N) is 2. The average molecular weight is 494 g/mol. The summed E-state index contributed by atoms with van der Waals surface area (Å²) in [5.74, 6) is 0.0704. The maximum atomic E-state index is 13.1. The van der Waals surface area contributed by atoms with E-state index in [1.807, 2.05) is 0 Å². The Morgan fingerprint density at radius 3 is 2.46 bits per heavy atom. The zero-order chi connectivity index (χ0) is 25.2. The maximum Gasteiger partial charge on any atom is 0.251 e. The minimum atomic E-state index is -3.78. The lowest BCUT2D eigenvalue weighted by Crippen LogP contribution is -2.27. The molecule has 0 saturated carbocycles. The quantitative estimate of drug-likeness (QED) is 0.465. The first-order valence-electron chi connectivity index (χ1n) is 11.2. The molecule has 0 fully saturated rings. The lowest BCUT2D eigenvalue weighted by molar-refractivity contribution is -0.112. The van der Waals surface area contributed by atoms with Crippen LogP contribution in [0.2, 0.25) is 0 Å². The molecule has 182 valence electrons. The molecule has 9 heteroatoms. The number of carbonyl (C=O) groups is 2. The third kappa shape index (κ3) is 5.36. The van der Waals surface area contributed by atoms with E-state index in [0.29, 0.717) is 29.9 Å². The van der Waals surface area contributed by atoms with Crippen LogP contribution in [-0.2, 0) is 34.3 Å². The van der Waals surface area contributed by atoms with E-state index in [9.17, 15) is 18.0 Å². The van der Waals surface area contributed by atoms with Gasteiger partial charge in [-0.25, -0.2) is 8.42 Å². The lowest BCUT2D eigenvalue weighted by Gasteiger charge is -2.16. The van der Waals surface area contributed by atoms with E-state index in [4.69, 9.17) is 4.42 Å². The number of hydrogen-bond donors (Lipinski definition) is 2. The Kier molecular flexibility index (Phi) is 6.90. The van der Waals surface area contributed by atoms with E-state index in [1.165, 1.54) is 39.7 Å².